The van der Waals surface area contributed by atoms with Crippen LogP contribution < -0.4 is 0 Å². The summed E-state index contributed by atoms with van der Waals surface area (Å²) in [5.41, 5.74) is 2.86. The van der Waals surface area contributed by atoms with Crippen molar-refractivity contribution in [2.24, 2.45) is 7.05 Å². The van der Waals surface area contributed by atoms with Gasteiger partial charge in [-0.25, -0.2) is 5.06 Å². The van der Waals surface area contributed by atoms with Crippen molar-refractivity contribution in [2.45, 2.75) is 19.9 Å². The van der Waals surface area contributed by atoms with Crippen molar-refractivity contribution in [3.63, 3.8) is 0 Å². The molecule has 0 unspecified atom stereocenters. The largest absolute Gasteiger partial charge is 0.275 e. The maximum Gasteiger partial charge on any atom is 0.247 e. The van der Waals surface area contributed by atoms with E-state index in [2.05, 4.69) is 10.2 Å². The second-order valence-corrected chi connectivity index (χ2v) is 4.13. The summed E-state index contributed by atoms with van der Waals surface area (Å²) in [6, 6.07) is 0. The Morgan fingerprint density at radius 2 is 2.28 bits per heavy atom. The first-order valence-corrected chi connectivity index (χ1v) is 5.70. The van der Waals surface area contributed by atoms with Gasteiger partial charge in [-0.1, -0.05) is 0 Å². The molecule has 0 aliphatic carbocycles. The second-order valence-electron chi connectivity index (χ2n) is 4.13. The number of carbonyl (C=O) groups is 1. The number of rotatable bonds is 4. The number of hydrogen-bond donors (Lipinski definition) is 0. The number of hydrogen-bond acceptors (Lipinski definition) is 4. The molecule has 2 rings (SSSR count). The lowest BCUT2D eigenvalue weighted by atomic mass is 10.3. The van der Waals surface area contributed by atoms with Crippen LogP contribution in [0.4, 0.5) is 0 Å². The summed E-state index contributed by atoms with van der Waals surface area (Å²) in [5, 5.41) is 9.82. The monoisotopic (exact) mass is 251 g/mol. The van der Waals surface area contributed by atoms with Crippen molar-refractivity contribution in [1.82, 2.24) is 24.6 Å². The van der Waals surface area contributed by atoms with Gasteiger partial charge in [-0.2, -0.15) is 10.2 Å². The van der Waals surface area contributed by atoms with Crippen molar-refractivity contribution >= 4 is 16.9 Å². The Labute approximate surface area is 105 Å². The summed E-state index contributed by atoms with van der Waals surface area (Å²) in [5.74, 6) is -0.0808. The van der Waals surface area contributed by atoms with E-state index < -0.39 is 0 Å². The van der Waals surface area contributed by atoms with Crippen LogP contribution in [0.2, 0.25) is 0 Å². The Kier molecular flexibility index (Phi) is 3.33. The first-order valence-electron chi connectivity index (χ1n) is 5.70. The molecule has 0 aliphatic rings. The van der Waals surface area contributed by atoms with Crippen LogP contribution in [-0.4, -0.2) is 44.7 Å². The van der Waals surface area contributed by atoms with Crippen LogP contribution in [0.3, 0.4) is 0 Å². The second kappa shape index (κ2) is 4.77. The maximum absolute atomic E-state index is 11.6. The zero-order valence-electron chi connectivity index (χ0n) is 11.0. The van der Waals surface area contributed by atoms with Gasteiger partial charge >= 0.3 is 0 Å². The third-order valence-electron chi connectivity index (χ3n) is 2.97. The number of aromatic nitrogens is 4. The maximum atomic E-state index is 11.6. The normalized spacial score (nSPS) is 11.1. The first-order chi connectivity index (χ1) is 8.54. The lowest BCUT2D eigenvalue weighted by Gasteiger charge is -2.13. The number of carbonyl (C=O) groups excluding carboxylic acids is 1. The zero-order chi connectivity index (χ0) is 13.3. The summed E-state index contributed by atoms with van der Waals surface area (Å²) in [6.07, 6.45) is 2.11. The zero-order valence-corrected chi connectivity index (χ0v) is 11.0. The van der Waals surface area contributed by atoms with E-state index in [1.807, 2.05) is 14.0 Å². The highest BCUT2D eigenvalue weighted by Crippen LogP contribution is 2.16. The number of amides is 1. The van der Waals surface area contributed by atoms with Gasteiger partial charge < -0.3 is 0 Å². The lowest BCUT2D eigenvalue weighted by molar-refractivity contribution is -0.168. The third kappa shape index (κ3) is 2.08. The molecule has 0 atom stereocenters. The van der Waals surface area contributed by atoms with E-state index >= 15 is 0 Å². The molecule has 0 aliphatic heterocycles. The van der Waals surface area contributed by atoms with E-state index in [4.69, 9.17) is 4.84 Å². The summed E-state index contributed by atoms with van der Waals surface area (Å²) >= 11 is 0. The van der Waals surface area contributed by atoms with Crippen LogP contribution in [0.25, 0.3) is 11.0 Å². The molecule has 18 heavy (non-hydrogen) atoms. The molecular formula is C11H17N5O2. The Hall–Kier alpha value is -1.89. The molecule has 2 aromatic rings. The smallest absolute Gasteiger partial charge is 0.247 e. The van der Waals surface area contributed by atoms with Crippen molar-refractivity contribution < 1.29 is 9.63 Å². The summed E-state index contributed by atoms with van der Waals surface area (Å²) in [4.78, 5) is 16.5. The van der Waals surface area contributed by atoms with Crippen LogP contribution in [0.15, 0.2) is 6.20 Å². The molecule has 98 valence electrons. The molecule has 1 amide bonds. The predicted molar refractivity (Wildman–Crippen MR) is 65.6 cm³/mol. The molecule has 0 saturated heterocycles. The van der Waals surface area contributed by atoms with E-state index in [1.54, 1.807) is 22.6 Å². The fraction of sp³-hybridized carbons (Fsp3) is 0.545. The fourth-order valence-corrected chi connectivity index (χ4v) is 1.94. The number of fused-ring (bicyclic) bond motifs is 1. The molecule has 7 nitrogen and oxygen atoms in total. The Morgan fingerprint density at radius 3 is 2.94 bits per heavy atom. The number of nitrogens with zero attached hydrogens (tertiary/aromatic N) is 5. The Bertz CT molecular complexity index is 571. The van der Waals surface area contributed by atoms with Crippen molar-refractivity contribution in [2.75, 3.05) is 14.2 Å². The van der Waals surface area contributed by atoms with E-state index in [9.17, 15) is 4.79 Å². The lowest BCUT2D eigenvalue weighted by Crippen LogP contribution is -2.26. The van der Waals surface area contributed by atoms with Gasteiger partial charge in [0.2, 0.25) is 5.91 Å². The molecule has 2 aromatic heterocycles. The topological polar surface area (TPSA) is 65.2 Å². The molecular weight excluding hydrogens is 234 g/mol. The molecule has 0 saturated carbocycles. The van der Waals surface area contributed by atoms with Gasteiger partial charge in [-0.3, -0.25) is 19.0 Å². The van der Waals surface area contributed by atoms with Crippen LogP contribution >= 0.6 is 0 Å². The highest BCUT2D eigenvalue weighted by Gasteiger charge is 2.13. The highest BCUT2D eigenvalue weighted by atomic mass is 16.7. The molecule has 0 aromatic carbocycles. The van der Waals surface area contributed by atoms with Gasteiger partial charge in [0.1, 0.15) is 11.0 Å². The van der Waals surface area contributed by atoms with Crippen LogP contribution in [-0.2, 0) is 23.2 Å². The van der Waals surface area contributed by atoms with Gasteiger partial charge in [0, 0.05) is 20.5 Å². The summed E-state index contributed by atoms with van der Waals surface area (Å²) < 4.78 is 3.59. The standard InChI is InChI=1S/C11H17N5O2/c1-8-11-9(14(2)13-8)7-12-16(11)6-5-10(17)15(3)18-4/h7H,5-6H2,1-4H3. The fourth-order valence-electron chi connectivity index (χ4n) is 1.94. The first kappa shape index (κ1) is 12.6. The summed E-state index contributed by atoms with van der Waals surface area (Å²) in [7, 11) is 4.94. The van der Waals surface area contributed by atoms with E-state index in [1.165, 1.54) is 12.2 Å². The molecule has 0 spiro atoms. The Balaban J connectivity index is 2.15. The van der Waals surface area contributed by atoms with Gasteiger partial charge in [0.15, 0.2) is 0 Å². The summed E-state index contributed by atoms with van der Waals surface area (Å²) in [6.45, 7) is 2.45. The van der Waals surface area contributed by atoms with Crippen molar-refractivity contribution in [1.29, 1.82) is 0 Å². The van der Waals surface area contributed by atoms with Crippen molar-refractivity contribution in [3.05, 3.63) is 11.9 Å². The third-order valence-corrected chi connectivity index (χ3v) is 2.97. The van der Waals surface area contributed by atoms with E-state index in [0.29, 0.717) is 13.0 Å². The molecule has 7 heteroatoms. The molecule has 0 fully saturated rings. The minimum Gasteiger partial charge on any atom is -0.275 e. The molecule has 0 bridgehead atoms. The quantitative estimate of drug-likeness (QED) is 0.742. The number of aryl methyl sites for hydroxylation is 3. The minimum atomic E-state index is -0.0808. The van der Waals surface area contributed by atoms with Crippen LogP contribution in [0.1, 0.15) is 12.1 Å². The van der Waals surface area contributed by atoms with Crippen LogP contribution in [0, 0.1) is 6.92 Å². The average molecular weight is 251 g/mol. The van der Waals surface area contributed by atoms with E-state index in [-0.39, 0.29) is 5.91 Å². The van der Waals surface area contributed by atoms with Crippen LogP contribution in [0.5, 0.6) is 0 Å². The SMILES string of the molecule is CON(C)C(=O)CCn1ncc2c1c(C)nn2C. The molecule has 0 radical (unpaired) electrons. The predicted octanol–water partition coefficient (Wildman–Crippen LogP) is 0.488. The average Bonchev–Trinajstić information content (AvgIpc) is 2.89. The van der Waals surface area contributed by atoms with E-state index in [0.717, 1.165) is 16.7 Å². The number of hydroxylamine groups is 2. The molecule has 0 N–H and O–H groups in total. The Morgan fingerprint density at radius 1 is 1.56 bits per heavy atom. The van der Waals surface area contributed by atoms with Gasteiger partial charge in [-0.15, -0.1) is 0 Å². The van der Waals surface area contributed by atoms with Gasteiger partial charge in [-0.05, 0) is 6.92 Å². The minimum absolute atomic E-state index is 0.0808. The van der Waals surface area contributed by atoms with Crippen molar-refractivity contribution in [3.8, 4) is 0 Å². The van der Waals surface area contributed by atoms with Gasteiger partial charge in [0.25, 0.3) is 0 Å². The highest BCUT2D eigenvalue weighted by molar-refractivity contribution is 5.78. The molecule has 2 heterocycles. The van der Waals surface area contributed by atoms with Gasteiger partial charge in [0.05, 0.1) is 25.5 Å².